The van der Waals surface area contributed by atoms with E-state index in [1.54, 1.807) is 29.2 Å². The maximum Gasteiger partial charge on any atom is 0.223 e. The number of aromatic hydroxyl groups is 1. The van der Waals surface area contributed by atoms with Gasteiger partial charge in [-0.25, -0.2) is 0 Å². The van der Waals surface area contributed by atoms with E-state index >= 15 is 0 Å². The maximum atomic E-state index is 11.8. The predicted octanol–water partition coefficient (Wildman–Crippen LogP) is 1.44. The molecule has 1 heterocycles. The standard InChI is InChI=1S/C13H17NO3/c1-2-14-12(17)8-7-11(16)13(14)9-3-5-10(15)6-4-9/h3-6,11,13,15-16H,2,7-8H2,1H3. The Hall–Kier alpha value is -1.55. The summed E-state index contributed by atoms with van der Waals surface area (Å²) in [5.74, 6) is 0.268. The van der Waals surface area contributed by atoms with Crippen molar-refractivity contribution in [1.82, 2.24) is 4.90 Å². The lowest BCUT2D eigenvalue weighted by Crippen LogP contribution is -2.45. The fourth-order valence-corrected chi connectivity index (χ4v) is 2.38. The molecule has 2 atom stereocenters. The van der Waals surface area contributed by atoms with Crippen molar-refractivity contribution in [3.8, 4) is 5.75 Å². The van der Waals surface area contributed by atoms with Crippen LogP contribution in [0.2, 0.25) is 0 Å². The molecule has 4 nitrogen and oxygen atoms in total. The van der Waals surface area contributed by atoms with E-state index in [0.717, 1.165) is 5.56 Å². The van der Waals surface area contributed by atoms with Gasteiger partial charge in [0.2, 0.25) is 5.91 Å². The molecule has 0 aromatic heterocycles. The Bertz CT molecular complexity index is 402. The van der Waals surface area contributed by atoms with Gasteiger partial charge in [0.1, 0.15) is 5.75 Å². The predicted molar refractivity (Wildman–Crippen MR) is 63.5 cm³/mol. The number of aliphatic hydroxyl groups excluding tert-OH is 1. The molecule has 0 bridgehead atoms. The maximum absolute atomic E-state index is 11.8. The normalized spacial score (nSPS) is 25.1. The second-order valence-electron chi connectivity index (χ2n) is 4.32. The van der Waals surface area contributed by atoms with Crippen molar-refractivity contribution in [3.05, 3.63) is 29.8 Å². The van der Waals surface area contributed by atoms with Crippen LogP contribution < -0.4 is 0 Å². The van der Waals surface area contributed by atoms with Gasteiger partial charge in [0.05, 0.1) is 12.1 Å². The van der Waals surface area contributed by atoms with Crippen molar-refractivity contribution < 1.29 is 15.0 Å². The molecule has 2 rings (SSSR count). The van der Waals surface area contributed by atoms with Crippen LogP contribution >= 0.6 is 0 Å². The van der Waals surface area contributed by atoms with Crippen molar-refractivity contribution >= 4 is 5.91 Å². The molecule has 1 fully saturated rings. The zero-order valence-electron chi connectivity index (χ0n) is 9.84. The van der Waals surface area contributed by atoms with Crippen LogP contribution in [0, 0.1) is 0 Å². The van der Waals surface area contributed by atoms with Gasteiger partial charge in [-0.2, -0.15) is 0 Å². The van der Waals surface area contributed by atoms with E-state index in [9.17, 15) is 15.0 Å². The summed E-state index contributed by atoms with van der Waals surface area (Å²) < 4.78 is 0. The highest BCUT2D eigenvalue weighted by molar-refractivity contribution is 5.77. The van der Waals surface area contributed by atoms with Crippen LogP contribution in [0.4, 0.5) is 0 Å². The molecular formula is C13H17NO3. The smallest absolute Gasteiger partial charge is 0.223 e. The first-order chi connectivity index (χ1) is 8.13. The van der Waals surface area contributed by atoms with Gasteiger partial charge in [0, 0.05) is 13.0 Å². The molecule has 0 saturated carbocycles. The highest BCUT2D eigenvalue weighted by Gasteiger charge is 2.34. The number of hydrogen-bond acceptors (Lipinski definition) is 3. The van der Waals surface area contributed by atoms with Crippen molar-refractivity contribution in [2.45, 2.75) is 31.9 Å². The van der Waals surface area contributed by atoms with Crippen molar-refractivity contribution in [2.75, 3.05) is 6.54 Å². The zero-order chi connectivity index (χ0) is 12.4. The molecule has 2 unspecified atom stereocenters. The molecule has 0 aliphatic carbocycles. The van der Waals surface area contributed by atoms with Crippen LogP contribution in [0.3, 0.4) is 0 Å². The molecule has 2 N–H and O–H groups in total. The fraction of sp³-hybridized carbons (Fsp3) is 0.462. The lowest BCUT2D eigenvalue weighted by atomic mass is 9.92. The molecule has 0 spiro atoms. The number of likely N-dealkylation sites (tertiary alicyclic amines) is 1. The number of nitrogens with zero attached hydrogens (tertiary/aromatic N) is 1. The van der Waals surface area contributed by atoms with Gasteiger partial charge in [0.25, 0.3) is 0 Å². The number of carbonyl (C=O) groups excluding carboxylic acids is 1. The monoisotopic (exact) mass is 235 g/mol. The number of rotatable bonds is 2. The molecular weight excluding hydrogens is 218 g/mol. The van der Waals surface area contributed by atoms with Crippen molar-refractivity contribution in [2.24, 2.45) is 0 Å². The van der Waals surface area contributed by atoms with E-state index in [-0.39, 0.29) is 17.7 Å². The number of amides is 1. The summed E-state index contributed by atoms with van der Waals surface area (Å²) in [6.45, 7) is 2.49. The van der Waals surface area contributed by atoms with Crippen LogP contribution in [0.15, 0.2) is 24.3 Å². The minimum atomic E-state index is -0.530. The quantitative estimate of drug-likeness (QED) is 0.815. The Morgan fingerprint density at radius 3 is 2.59 bits per heavy atom. The first-order valence-corrected chi connectivity index (χ1v) is 5.90. The minimum absolute atomic E-state index is 0.0795. The highest BCUT2D eigenvalue weighted by Crippen LogP contribution is 2.32. The fourth-order valence-electron chi connectivity index (χ4n) is 2.38. The number of hydrogen-bond donors (Lipinski definition) is 2. The number of benzene rings is 1. The number of likely N-dealkylation sites (N-methyl/N-ethyl adjacent to an activating group) is 1. The van der Waals surface area contributed by atoms with Crippen LogP contribution in [-0.2, 0) is 4.79 Å². The Labute approximate surface area is 100 Å². The molecule has 4 heteroatoms. The summed E-state index contributed by atoms with van der Waals surface area (Å²) in [7, 11) is 0. The third kappa shape index (κ3) is 2.26. The van der Waals surface area contributed by atoms with Gasteiger partial charge in [-0.1, -0.05) is 12.1 Å². The molecule has 1 aromatic carbocycles. The molecule has 1 aliphatic rings. The van der Waals surface area contributed by atoms with E-state index in [1.807, 2.05) is 6.92 Å². The van der Waals surface area contributed by atoms with Gasteiger partial charge in [-0.3, -0.25) is 4.79 Å². The number of piperidine rings is 1. The minimum Gasteiger partial charge on any atom is -0.508 e. The van der Waals surface area contributed by atoms with Gasteiger partial charge in [0.15, 0.2) is 0 Å². The van der Waals surface area contributed by atoms with E-state index in [0.29, 0.717) is 19.4 Å². The molecule has 0 radical (unpaired) electrons. The van der Waals surface area contributed by atoms with Gasteiger partial charge < -0.3 is 15.1 Å². The van der Waals surface area contributed by atoms with Crippen molar-refractivity contribution in [3.63, 3.8) is 0 Å². The Kier molecular flexibility index (Phi) is 3.33. The summed E-state index contributed by atoms with van der Waals surface area (Å²) >= 11 is 0. The molecule has 92 valence electrons. The molecule has 17 heavy (non-hydrogen) atoms. The lowest BCUT2D eigenvalue weighted by Gasteiger charge is -2.38. The molecule has 1 saturated heterocycles. The SMILES string of the molecule is CCN1C(=O)CCC(O)C1c1ccc(O)cc1. The Balaban J connectivity index is 2.32. The third-order valence-electron chi connectivity index (χ3n) is 3.25. The first kappa shape index (κ1) is 11.9. The lowest BCUT2D eigenvalue weighted by molar-refractivity contribution is -0.141. The average Bonchev–Trinajstić information content (AvgIpc) is 2.33. The molecule has 1 amide bonds. The summed E-state index contributed by atoms with van der Waals surface area (Å²) in [4.78, 5) is 13.5. The van der Waals surface area contributed by atoms with E-state index < -0.39 is 6.10 Å². The summed E-state index contributed by atoms with van der Waals surface area (Å²) in [6, 6.07) is 6.38. The second kappa shape index (κ2) is 4.75. The highest BCUT2D eigenvalue weighted by atomic mass is 16.3. The van der Waals surface area contributed by atoms with Crippen LogP contribution in [-0.4, -0.2) is 33.7 Å². The average molecular weight is 235 g/mol. The van der Waals surface area contributed by atoms with Crippen LogP contribution in [0.5, 0.6) is 5.75 Å². The number of carbonyl (C=O) groups is 1. The summed E-state index contributed by atoms with van der Waals surface area (Å²) in [5.41, 5.74) is 0.866. The second-order valence-corrected chi connectivity index (χ2v) is 4.32. The Morgan fingerprint density at radius 1 is 1.35 bits per heavy atom. The summed E-state index contributed by atoms with van der Waals surface area (Å²) in [6.07, 6.45) is 0.377. The molecule has 1 aliphatic heterocycles. The summed E-state index contributed by atoms with van der Waals surface area (Å²) in [5, 5.41) is 19.3. The third-order valence-corrected chi connectivity index (χ3v) is 3.25. The van der Waals surface area contributed by atoms with E-state index in [1.165, 1.54) is 0 Å². The van der Waals surface area contributed by atoms with Crippen LogP contribution in [0.1, 0.15) is 31.4 Å². The topological polar surface area (TPSA) is 60.8 Å². The number of aliphatic hydroxyl groups is 1. The van der Waals surface area contributed by atoms with Crippen molar-refractivity contribution in [1.29, 1.82) is 0 Å². The first-order valence-electron chi connectivity index (χ1n) is 5.90. The van der Waals surface area contributed by atoms with Gasteiger partial charge in [-0.15, -0.1) is 0 Å². The van der Waals surface area contributed by atoms with E-state index in [4.69, 9.17) is 0 Å². The van der Waals surface area contributed by atoms with Gasteiger partial charge in [-0.05, 0) is 31.0 Å². The number of phenolic OH excluding ortho intramolecular Hbond substituents is 1. The number of phenols is 1. The Morgan fingerprint density at radius 2 is 2.00 bits per heavy atom. The van der Waals surface area contributed by atoms with E-state index in [2.05, 4.69) is 0 Å². The largest absolute Gasteiger partial charge is 0.508 e. The zero-order valence-corrected chi connectivity index (χ0v) is 9.84. The van der Waals surface area contributed by atoms with Gasteiger partial charge >= 0.3 is 0 Å². The van der Waals surface area contributed by atoms with Crippen LogP contribution in [0.25, 0.3) is 0 Å². The molecule has 1 aromatic rings.